The average molecular weight is 322 g/mol. The van der Waals surface area contributed by atoms with Crippen LogP contribution in [0.15, 0.2) is 16.9 Å². The van der Waals surface area contributed by atoms with Crippen molar-refractivity contribution in [3.8, 4) is 0 Å². The van der Waals surface area contributed by atoms with Gasteiger partial charge in [0.15, 0.2) is 0 Å². The Labute approximate surface area is 136 Å². The summed E-state index contributed by atoms with van der Waals surface area (Å²) in [5, 5.41) is 6.92. The van der Waals surface area contributed by atoms with Crippen LogP contribution in [-0.2, 0) is 11.3 Å². The average Bonchev–Trinajstić information content (AvgIpc) is 2.44. The molecule has 0 unspecified atom stereocenters. The van der Waals surface area contributed by atoms with E-state index in [0.29, 0.717) is 13.1 Å². The van der Waals surface area contributed by atoms with Crippen molar-refractivity contribution in [3.05, 3.63) is 28.2 Å². The van der Waals surface area contributed by atoms with E-state index in [-0.39, 0.29) is 35.2 Å². The maximum Gasteiger partial charge on any atom is 0.274 e. The molecule has 1 N–H and O–H groups in total. The lowest BCUT2D eigenvalue weighted by molar-refractivity contribution is -0.123. The van der Waals surface area contributed by atoms with Crippen LogP contribution in [-0.4, -0.2) is 45.1 Å². The van der Waals surface area contributed by atoms with Crippen molar-refractivity contribution >= 4 is 11.8 Å². The van der Waals surface area contributed by atoms with Gasteiger partial charge in [0.05, 0.1) is 6.54 Å². The molecule has 0 bridgehead atoms. The van der Waals surface area contributed by atoms with Gasteiger partial charge in [-0.2, -0.15) is 5.10 Å². The predicted octanol–water partition coefficient (Wildman–Crippen LogP) is 1.03. The van der Waals surface area contributed by atoms with Crippen LogP contribution in [0.2, 0.25) is 0 Å². The van der Waals surface area contributed by atoms with Crippen LogP contribution < -0.4 is 10.9 Å². The van der Waals surface area contributed by atoms with E-state index in [1.54, 1.807) is 6.92 Å². The maximum absolute atomic E-state index is 12.5. The smallest absolute Gasteiger partial charge is 0.274 e. The molecule has 2 amide bonds. The molecule has 0 aliphatic heterocycles. The molecular weight excluding hydrogens is 296 g/mol. The molecule has 23 heavy (non-hydrogen) atoms. The number of aryl methyl sites for hydroxylation is 1. The third kappa shape index (κ3) is 5.84. The first kappa shape index (κ1) is 18.9. The van der Waals surface area contributed by atoms with Gasteiger partial charge in [0.25, 0.3) is 11.5 Å². The van der Waals surface area contributed by atoms with Gasteiger partial charge in [0.1, 0.15) is 5.69 Å². The molecule has 1 aromatic heterocycles. The van der Waals surface area contributed by atoms with E-state index in [1.807, 2.05) is 27.7 Å². The Morgan fingerprint density at radius 3 is 2.43 bits per heavy atom. The summed E-state index contributed by atoms with van der Waals surface area (Å²) in [5.41, 5.74) is -0.424. The number of hydrogen-bond acceptors (Lipinski definition) is 4. The highest BCUT2D eigenvalue weighted by Gasteiger charge is 2.21. The highest BCUT2D eigenvalue weighted by molar-refractivity contribution is 5.94. The summed E-state index contributed by atoms with van der Waals surface area (Å²) < 4.78 is 1.27. The third-order valence-corrected chi connectivity index (χ3v) is 3.04. The maximum atomic E-state index is 12.5. The van der Waals surface area contributed by atoms with Crippen molar-refractivity contribution in [1.82, 2.24) is 20.0 Å². The normalized spacial score (nSPS) is 11.2. The summed E-state index contributed by atoms with van der Waals surface area (Å²) in [7, 11) is 0. The number of carbonyl (C=O) groups is 2. The summed E-state index contributed by atoms with van der Waals surface area (Å²) in [5.74, 6) is -0.587. The summed E-state index contributed by atoms with van der Waals surface area (Å²) in [6.07, 6.45) is 0.746. The Morgan fingerprint density at radius 1 is 1.26 bits per heavy atom. The molecule has 128 valence electrons. The van der Waals surface area contributed by atoms with Crippen LogP contribution >= 0.6 is 0 Å². The Bertz CT molecular complexity index is 616. The van der Waals surface area contributed by atoms with E-state index in [4.69, 9.17) is 0 Å². The van der Waals surface area contributed by atoms with Crippen LogP contribution in [0, 0.1) is 0 Å². The lowest BCUT2D eigenvalue weighted by atomic mass is 10.1. The van der Waals surface area contributed by atoms with E-state index in [2.05, 4.69) is 10.4 Å². The van der Waals surface area contributed by atoms with Crippen LogP contribution in [0.3, 0.4) is 0 Å². The molecule has 0 fully saturated rings. The summed E-state index contributed by atoms with van der Waals surface area (Å²) in [6.45, 7) is 10.2. The van der Waals surface area contributed by atoms with Crippen molar-refractivity contribution in [2.45, 2.75) is 53.1 Å². The zero-order valence-corrected chi connectivity index (χ0v) is 14.5. The van der Waals surface area contributed by atoms with E-state index in [1.165, 1.54) is 21.7 Å². The fraction of sp³-hybridized carbons (Fsp3) is 0.625. The second-order valence-corrected chi connectivity index (χ2v) is 6.40. The highest BCUT2D eigenvalue weighted by atomic mass is 16.2. The van der Waals surface area contributed by atoms with Gasteiger partial charge < -0.3 is 10.2 Å². The standard InChI is InChI=1S/C16H26N4O3/c1-6-10-20-14(22)9-8-12(18-20)15(23)19(7-2)11-13(21)17-16(3,4)5/h8-9H,6-7,10-11H2,1-5H3,(H,17,21). The molecule has 0 spiro atoms. The van der Waals surface area contributed by atoms with Crippen molar-refractivity contribution in [3.63, 3.8) is 0 Å². The Morgan fingerprint density at radius 2 is 1.91 bits per heavy atom. The number of nitrogens with one attached hydrogen (secondary N) is 1. The van der Waals surface area contributed by atoms with Gasteiger partial charge in [-0.1, -0.05) is 6.92 Å². The molecule has 1 aromatic rings. The van der Waals surface area contributed by atoms with Gasteiger partial charge in [-0.15, -0.1) is 0 Å². The SMILES string of the molecule is CCCn1nc(C(=O)N(CC)CC(=O)NC(C)(C)C)ccc1=O. The Hall–Kier alpha value is -2.18. The quantitative estimate of drug-likeness (QED) is 0.848. The third-order valence-electron chi connectivity index (χ3n) is 3.04. The van der Waals surface area contributed by atoms with Gasteiger partial charge in [-0.25, -0.2) is 4.68 Å². The zero-order chi connectivity index (χ0) is 17.6. The van der Waals surface area contributed by atoms with Crippen molar-refractivity contribution in [1.29, 1.82) is 0 Å². The molecule has 7 nitrogen and oxygen atoms in total. The number of carbonyl (C=O) groups excluding carboxylic acids is 2. The molecule has 0 aliphatic carbocycles. The molecule has 1 heterocycles. The second kappa shape index (κ2) is 7.89. The van der Waals surface area contributed by atoms with Gasteiger partial charge >= 0.3 is 0 Å². The summed E-state index contributed by atoms with van der Waals surface area (Å²) in [6, 6.07) is 2.74. The van der Waals surface area contributed by atoms with Gasteiger partial charge in [0, 0.05) is 24.7 Å². The number of rotatable bonds is 6. The largest absolute Gasteiger partial charge is 0.350 e. The topological polar surface area (TPSA) is 84.3 Å². The number of aromatic nitrogens is 2. The van der Waals surface area contributed by atoms with Gasteiger partial charge in [-0.05, 0) is 40.2 Å². The molecule has 0 saturated carbocycles. The lowest BCUT2D eigenvalue weighted by Crippen LogP contribution is -2.47. The predicted molar refractivity (Wildman–Crippen MR) is 88.3 cm³/mol. The van der Waals surface area contributed by atoms with E-state index >= 15 is 0 Å². The summed E-state index contributed by atoms with van der Waals surface area (Å²) in [4.78, 5) is 37.6. The van der Waals surface area contributed by atoms with Crippen LogP contribution in [0.1, 0.15) is 51.5 Å². The molecule has 7 heteroatoms. The molecule has 0 saturated heterocycles. The lowest BCUT2D eigenvalue weighted by Gasteiger charge is -2.24. The van der Waals surface area contributed by atoms with E-state index in [9.17, 15) is 14.4 Å². The molecule has 0 aliphatic rings. The Kier molecular flexibility index (Phi) is 6.48. The number of amides is 2. The second-order valence-electron chi connectivity index (χ2n) is 6.40. The first-order valence-corrected chi connectivity index (χ1v) is 7.86. The van der Waals surface area contributed by atoms with Crippen LogP contribution in [0.25, 0.3) is 0 Å². The highest BCUT2D eigenvalue weighted by Crippen LogP contribution is 2.03. The fourth-order valence-electron chi connectivity index (χ4n) is 2.06. The minimum atomic E-state index is -0.360. The van der Waals surface area contributed by atoms with Gasteiger partial charge in [-0.3, -0.25) is 14.4 Å². The minimum absolute atomic E-state index is 0.0405. The van der Waals surface area contributed by atoms with Crippen molar-refractivity contribution in [2.75, 3.05) is 13.1 Å². The number of likely N-dealkylation sites (N-methyl/N-ethyl adjacent to an activating group) is 1. The number of nitrogens with zero attached hydrogens (tertiary/aromatic N) is 3. The molecule has 0 radical (unpaired) electrons. The van der Waals surface area contributed by atoms with Crippen molar-refractivity contribution < 1.29 is 9.59 Å². The van der Waals surface area contributed by atoms with Crippen molar-refractivity contribution in [2.24, 2.45) is 0 Å². The van der Waals surface area contributed by atoms with Crippen LogP contribution in [0.5, 0.6) is 0 Å². The van der Waals surface area contributed by atoms with Crippen LogP contribution in [0.4, 0.5) is 0 Å². The number of hydrogen-bond donors (Lipinski definition) is 1. The van der Waals surface area contributed by atoms with Gasteiger partial charge in [0.2, 0.25) is 5.91 Å². The van der Waals surface area contributed by atoms with E-state index in [0.717, 1.165) is 6.42 Å². The first-order chi connectivity index (χ1) is 10.7. The van der Waals surface area contributed by atoms with E-state index < -0.39 is 0 Å². The zero-order valence-electron chi connectivity index (χ0n) is 14.5. The first-order valence-electron chi connectivity index (χ1n) is 7.86. The molecule has 0 atom stereocenters. The Balaban J connectivity index is 2.90. The minimum Gasteiger partial charge on any atom is -0.350 e. The molecular formula is C16H26N4O3. The summed E-state index contributed by atoms with van der Waals surface area (Å²) >= 11 is 0. The monoisotopic (exact) mass is 322 g/mol. The molecule has 0 aromatic carbocycles. The molecule has 1 rings (SSSR count). The fourth-order valence-corrected chi connectivity index (χ4v) is 2.06.